The molecule has 25 heavy (non-hydrogen) atoms. The molecule has 132 valence electrons. The molecule has 5 nitrogen and oxygen atoms in total. The normalized spacial score (nSPS) is 17.8. The van der Waals surface area contributed by atoms with Crippen molar-refractivity contribution in [2.24, 2.45) is 0 Å². The molecule has 2 heterocycles. The first-order valence-electron chi connectivity index (χ1n) is 8.78. The lowest BCUT2D eigenvalue weighted by molar-refractivity contribution is -0.134. The number of nitrogens with zero attached hydrogens (tertiary/aromatic N) is 2. The summed E-state index contributed by atoms with van der Waals surface area (Å²) in [6.45, 7) is 0.823. The monoisotopic (exact) mass is 340 g/mol. The van der Waals surface area contributed by atoms with E-state index in [-0.39, 0.29) is 24.1 Å². The van der Waals surface area contributed by atoms with E-state index in [4.69, 9.17) is 4.74 Å². The fourth-order valence-electron chi connectivity index (χ4n) is 3.41. The van der Waals surface area contributed by atoms with E-state index in [9.17, 15) is 9.59 Å². The van der Waals surface area contributed by atoms with Crippen molar-refractivity contribution < 1.29 is 9.53 Å². The molecule has 0 bridgehead atoms. The summed E-state index contributed by atoms with van der Waals surface area (Å²) in [5.41, 5.74) is 0.975. The van der Waals surface area contributed by atoms with Gasteiger partial charge in [-0.3, -0.25) is 9.59 Å². The van der Waals surface area contributed by atoms with Gasteiger partial charge in [0.05, 0.1) is 13.2 Å². The van der Waals surface area contributed by atoms with Gasteiger partial charge < -0.3 is 14.2 Å². The number of methoxy groups -OCH3 is 1. The maximum atomic E-state index is 12.9. The van der Waals surface area contributed by atoms with Gasteiger partial charge in [0.1, 0.15) is 12.3 Å². The first-order valence-corrected chi connectivity index (χ1v) is 8.78. The molecule has 1 aliphatic heterocycles. The summed E-state index contributed by atoms with van der Waals surface area (Å²) in [6, 6.07) is 12.9. The van der Waals surface area contributed by atoms with E-state index in [1.165, 1.54) is 10.6 Å². The number of benzene rings is 1. The third-order valence-electron chi connectivity index (χ3n) is 4.78. The standard InChI is InChI=1S/C20H24N2O3/c1-25-17-11-9-16(10-12-17)18-7-3-2-5-14-22(18)20(24)15-21-13-6-4-8-19(21)23/h4,6,8-13,18H,2-3,5,7,14-15H2,1H3/t18-/m1/s1. The van der Waals surface area contributed by atoms with Crippen LogP contribution in [0.2, 0.25) is 0 Å². The highest BCUT2D eigenvalue weighted by Gasteiger charge is 2.26. The average Bonchev–Trinajstić information content (AvgIpc) is 2.90. The van der Waals surface area contributed by atoms with Gasteiger partial charge in [-0.05, 0) is 36.6 Å². The van der Waals surface area contributed by atoms with Crippen molar-refractivity contribution >= 4 is 5.91 Å². The Labute approximate surface area is 147 Å². The van der Waals surface area contributed by atoms with Gasteiger partial charge in [-0.15, -0.1) is 0 Å². The molecule has 5 heteroatoms. The summed E-state index contributed by atoms with van der Waals surface area (Å²) in [6.07, 6.45) is 5.85. The molecule has 0 N–H and O–H groups in total. The highest BCUT2D eigenvalue weighted by atomic mass is 16.5. The van der Waals surface area contributed by atoms with Crippen LogP contribution in [-0.4, -0.2) is 29.0 Å². The Bertz CT molecular complexity index is 767. The van der Waals surface area contributed by atoms with Crippen LogP contribution in [0, 0.1) is 0 Å². The summed E-state index contributed by atoms with van der Waals surface area (Å²) in [4.78, 5) is 26.8. The van der Waals surface area contributed by atoms with E-state index in [0.29, 0.717) is 0 Å². The minimum atomic E-state index is -0.147. The van der Waals surface area contributed by atoms with Crippen molar-refractivity contribution in [3.8, 4) is 5.75 Å². The van der Waals surface area contributed by atoms with Gasteiger partial charge in [0.2, 0.25) is 5.91 Å². The van der Waals surface area contributed by atoms with E-state index in [1.807, 2.05) is 29.2 Å². The first-order chi connectivity index (χ1) is 12.2. The van der Waals surface area contributed by atoms with Crippen LogP contribution in [0.3, 0.4) is 0 Å². The molecule has 0 spiro atoms. The van der Waals surface area contributed by atoms with Crippen molar-refractivity contribution in [2.75, 3.05) is 13.7 Å². The summed E-state index contributed by atoms with van der Waals surface area (Å²) in [5.74, 6) is 0.808. The fourth-order valence-corrected chi connectivity index (χ4v) is 3.41. The molecule has 3 rings (SSSR count). The van der Waals surface area contributed by atoms with Crippen molar-refractivity contribution in [1.29, 1.82) is 0 Å². The number of likely N-dealkylation sites (tertiary alicyclic amines) is 1. The molecule has 1 aromatic carbocycles. The quantitative estimate of drug-likeness (QED) is 0.860. The predicted octanol–water partition coefficient (Wildman–Crippen LogP) is 3.00. The minimum Gasteiger partial charge on any atom is -0.497 e. The number of carbonyl (C=O) groups excluding carboxylic acids is 1. The summed E-state index contributed by atoms with van der Waals surface area (Å²) in [7, 11) is 1.65. The Morgan fingerprint density at radius 2 is 1.92 bits per heavy atom. The van der Waals surface area contributed by atoms with Gasteiger partial charge in [-0.1, -0.05) is 31.0 Å². The largest absolute Gasteiger partial charge is 0.497 e. The second-order valence-corrected chi connectivity index (χ2v) is 6.39. The summed E-state index contributed by atoms with van der Waals surface area (Å²) in [5, 5.41) is 0. The van der Waals surface area contributed by atoms with Crippen LogP contribution in [0.25, 0.3) is 0 Å². The number of hydrogen-bond donors (Lipinski definition) is 0. The molecule has 0 radical (unpaired) electrons. The number of ether oxygens (including phenoxy) is 1. The molecular weight excluding hydrogens is 316 g/mol. The molecule has 1 aliphatic rings. The van der Waals surface area contributed by atoms with E-state index >= 15 is 0 Å². The number of carbonyl (C=O) groups is 1. The van der Waals surface area contributed by atoms with Crippen LogP contribution in [0.5, 0.6) is 5.75 Å². The van der Waals surface area contributed by atoms with Crippen molar-refractivity contribution in [3.63, 3.8) is 0 Å². The Morgan fingerprint density at radius 1 is 1.12 bits per heavy atom. The summed E-state index contributed by atoms with van der Waals surface area (Å²) >= 11 is 0. The van der Waals surface area contributed by atoms with E-state index in [2.05, 4.69) is 0 Å². The van der Waals surface area contributed by atoms with Crippen molar-refractivity contribution in [3.05, 3.63) is 64.6 Å². The molecule has 1 amide bonds. The highest BCUT2D eigenvalue weighted by Crippen LogP contribution is 2.31. The molecule has 2 aromatic rings. The number of rotatable bonds is 4. The molecule has 1 fully saturated rings. The van der Waals surface area contributed by atoms with Gasteiger partial charge in [-0.25, -0.2) is 0 Å². The van der Waals surface area contributed by atoms with Gasteiger partial charge in [0.25, 0.3) is 5.56 Å². The summed E-state index contributed by atoms with van der Waals surface area (Å²) < 4.78 is 6.70. The number of amides is 1. The van der Waals surface area contributed by atoms with Crippen LogP contribution in [0.4, 0.5) is 0 Å². The van der Waals surface area contributed by atoms with Crippen molar-refractivity contribution in [2.45, 2.75) is 38.3 Å². The van der Waals surface area contributed by atoms with Crippen LogP contribution in [-0.2, 0) is 11.3 Å². The lowest BCUT2D eigenvalue weighted by Crippen LogP contribution is -2.38. The van der Waals surface area contributed by atoms with E-state index in [0.717, 1.165) is 43.5 Å². The van der Waals surface area contributed by atoms with Gasteiger partial charge in [0.15, 0.2) is 0 Å². The molecular formula is C20H24N2O3. The molecule has 0 unspecified atom stereocenters. The Morgan fingerprint density at radius 3 is 2.64 bits per heavy atom. The number of pyridine rings is 1. The third kappa shape index (κ3) is 4.10. The maximum absolute atomic E-state index is 12.9. The van der Waals surface area contributed by atoms with Gasteiger partial charge in [0, 0.05) is 18.8 Å². The second-order valence-electron chi connectivity index (χ2n) is 6.39. The van der Waals surface area contributed by atoms with Crippen LogP contribution < -0.4 is 10.3 Å². The maximum Gasteiger partial charge on any atom is 0.250 e. The predicted molar refractivity (Wildman–Crippen MR) is 96.6 cm³/mol. The first kappa shape index (κ1) is 17.3. The lowest BCUT2D eigenvalue weighted by atomic mass is 10.0. The fraction of sp³-hybridized carbons (Fsp3) is 0.400. The zero-order chi connectivity index (χ0) is 17.6. The second kappa shape index (κ2) is 8.01. The molecule has 0 saturated carbocycles. The van der Waals surface area contributed by atoms with E-state index in [1.54, 1.807) is 25.4 Å². The highest BCUT2D eigenvalue weighted by molar-refractivity contribution is 5.76. The molecule has 1 atom stereocenters. The molecule has 1 aromatic heterocycles. The average molecular weight is 340 g/mol. The molecule has 1 saturated heterocycles. The Balaban J connectivity index is 1.83. The van der Waals surface area contributed by atoms with Crippen LogP contribution in [0.15, 0.2) is 53.5 Å². The number of aromatic nitrogens is 1. The zero-order valence-corrected chi connectivity index (χ0v) is 14.6. The third-order valence-corrected chi connectivity index (χ3v) is 4.78. The SMILES string of the molecule is COc1ccc([C@H]2CCCCCN2C(=O)Cn2ccccc2=O)cc1. The van der Waals surface area contributed by atoms with Gasteiger partial charge in [-0.2, -0.15) is 0 Å². The Kier molecular flexibility index (Phi) is 5.53. The minimum absolute atomic E-state index is 0.00369. The zero-order valence-electron chi connectivity index (χ0n) is 14.6. The van der Waals surface area contributed by atoms with E-state index < -0.39 is 0 Å². The van der Waals surface area contributed by atoms with Gasteiger partial charge >= 0.3 is 0 Å². The van der Waals surface area contributed by atoms with Crippen LogP contribution in [0.1, 0.15) is 37.3 Å². The van der Waals surface area contributed by atoms with Crippen LogP contribution >= 0.6 is 0 Å². The molecule has 0 aliphatic carbocycles. The smallest absolute Gasteiger partial charge is 0.250 e. The number of hydrogen-bond acceptors (Lipinski definition) is 3. The topological polar surface area (TPSA) is 51.5 Å². The van der Waals surface area contributed by atoms with Crippen molar-refractivity contribution in [1.82, 2.24) is 9.47 Å². The lowest BCUT2D eigenvalue weighted by Gasteiger charge is -2.31. The Hall–Kier alpha value is -2.56.